The van der Waals surface area contributed by atoms with E-state index in [2.05, 4.69) is 4.98 Å². The lowest BCUT2D eigenvalue weighted by Crippen LogP contribution is -2.37. The Bertz CT molecular complexity index is 813. The zero-order valence-corrected chi connectivity index (χ0v) is 15.2. The first-order valence-electron chi connectivity index (χ1n) is 9.02. The molecule has 3 rings (SSSR count). The molecule has 6 nitrogen and oxygen atoms in total. The molecule has 0 saturated carbocycles. The fourth-order valence-corrected chi connectivity index (χ4v) is 3.06. The molecular formula is C20H22FN3O3. The molecule has 1 aliphatic rings. The lowest BCUT2D eigenvalue weighted by Gasteiger charge is -2.22. The van der Waals surface area contributed by atoms with Crippen LogP contribution in [0.25, 0.3) is 0 Å². The Balaban J connectivity index is 1.66. The zero-order chi connectivity index (χ0) is 19.2. The zero-order valence-electron chi connectivity index (χ0n) is 15.2. The quantitative estimate of drug-likeness (QED) is 0.829. The predicted octanol–water partition coefficient (Wildman–Crippen LogP) is 2.61. The van der Waals surface area contributed by atoms with Gasteiger partial charge in [0.15, 0.2) is 11.6 Å². The number of pyridine rings is 1. The standard InChI is InChI=1S/C20H22FN3O3/c1-2-27-18-8-7-15(14-16(18)21)19(25)23-10-5-11-24(13-12-23)20(26)17-6-3-4-9-22-17/h3-4,6-9,14H,2,5,10-13H2,1H3. The van der Waals surface area contributed by atoms with E-state index in [9.17, 15) is 14.0 Å². The molecule has 0 atom stereocenters. The number of aromatic nitrogens is 1. The Morgan fingerprint density at radius 1 is 1.07 bits per heavy atom. The van der Waals surface area contributed by atoms with Crippen molar-refractivity contribution in [3.8, 4) is 5.75 Å². The Hall–Kier alpha value is -2.96. The number of rotatable bonds is 4. The highest BCUT2D eigenvalue weighted by Gasteiger charge is 2.24. The number of ether oxygens (including phenoxy) is 1. The number of nitrogens with zero attached hydrogens (tertiary/aromatic N) is 3. The summed E-state index contributed by atoms with van der Waals surface area (Å²) in [6, 6.07) is 9.46. The first-order chi connectivity index (χ1) is 13.1. The Labute approximate surface area is 157 Å². The van der Waals surface area contributed by atoms with Crippen LogP contribution in [0.4, 0.5) is 4.39 Å². The van der Waals surface area contributed by atoms with Crippen molar-refractivity contribution in [2.24, 2.45) is 0 Å². The minimum atomic E-state index is -0.551. The molecule has 0 spiro atoms. The van der Waals surface area contributed by atoms with Crippen molar-refractivity contribution in [1.29, 1.82) is 0 Å². The number of hydrogen-bond donors (Lipinski definition) is 0. The van der Waals surface area contributed by atoms with Crippen LogP contribution in [0.15, 0.2) is 42.6 Å². The molecule has 1 fully saturated rings. The van der Waals surface area contributed by atoms with Crippen molar-refractivity contribution >= 4 is 11.8 Å². The minimum absolute atomic E-state index is 0.136. The SMILES string of the molecule is CCOc1ccc(C(=O)N2CCCN(C(=O)c3ccccn3)CC2)cc1F. The van der Waals surface area contributed by atoms with Gasteiger partial charge in [0.05, 0.1) is 6.61 Å². The lowest BCUT2D eigenvalue weighted by molar-refractivity contribution is 0.0715. The van der Waals surface area contributed by atoms with Crippen LogP contribution in [0, 0.1) is 5.82 Å². The fourth-order valence-electron chi connectivity index (χ4n) is 3.06. The fraction of sp³-hybridized carbons (Fsp3) is 0.350. The molecular weight excluding hydrogens is 349 g/mol. The summed E-state index contributed by atoms with van der Waals surface area (Å²) in [7, 11) is 0. The van der Waals surface area contributed by atoms with E-state index >= 15 is 0 Å². The van der Waals surface area contributed by atoms with Crippen LogP contribution in [0.5, 0.6) is 5.75 Å². The van der Waals surface area contributed by atoms with Crippen LogP contribution in [0.3, 0.4) is 0 Å². The van der Waals surface area contributed by atoms with Gasteiger partial charge in [0.2, 0.25) is 0 Å². The highest BCUT2D eigenvalue weighted by Crippen LogP contribution is 2.20. The van der Waals surface area contributed by atoms with Gasteiger partial charge in [-0.2, -0.15) is 0 Å². The van der Waals surface area contributed by atoms with Crippen molar-refractivity contribution < 1.29 is 18.7 Å². The van der Waals surface area contributed by atoms with Crippen LogP contribution in [0.2, 0.25) is 0 Å². The van der Waals surface area contributed by atoms with E-state index in [4.69, 9.17) is 4.74 Å². The average molecular weight is 371 g/mol. The summed E-state index contributed by atoms with van der Waals surface area (Å²) in [6.45, 7) is 4.01. The maximum Gasteiger partial charge on any atom is 0.272 e. The first-order valence-corrected chi connectivity index (χ1v) is 9.02. The molecule has 2 amide bonds. The molecule has 142 valence electrons. The van der Waals surface area contributed by atoms with Crippen LogP contribution >= 0.6 is 0 Å². The van der Waals surface area contributed by atoms with Gasteiger partial charge in [-0.15, -0.1) is 0 Å². The molecule has 1 aromatic heterocycles. The van der Waals surface area contributed by atoms with Crippen molar-refractivity contribution in [1.82, 2.24) is 14.8 Å². The number of halogens is 1. The van der Waals surface area contributed by atoms with Crippen molar-refractivity contribution in [2.45, 2.75) is 13.3 Å². The van der Waals surface area contributed by atoms with E-state index in [-0.39, 0.29) is 23.1 Å². The van der Waals surface area contributed by atoms with Gasteiger partial charge >= 0.3 is 0 Å². The third-order valence-corrected chi connectivity index (χ3v) is 4.43. The molecule has 7 heteroatoms. The molecule has 0 aliphatic carbocycles. The summed E-state index contributed by atoms with van der Waals surface area (Å²) in [5.41, 5.74) is 0.673. The topological polar surface area (TPSA) is 62.7 Å². The van der Waals surface area contributed by atoms with Gasteiger partial charge in [-0.25, -0.2) is 4.39 Å². The van der Waals surface area contributed by atoms with Crippen LogP contribution in [-0.4, -0.2) is 59.4 Å². The molecule has 27 heavy (non-hydrogen) atoms. The van der Waals surface area contributed by atoms with E-state index in [1.807, 2.05) is 0 Å². The molecule has 1 aromatic carbocycles. The highest BCUT2D eigenvalue weighted by molar-refractivity contribution is 5.95. The Kier molecular flexibility index (Phi) is 6.01. The molecule has 0 N–H and O–H groups in total. The van der Waals surface area contributed by atoms with E-state index in [1.165, 1.54) is 12.1 Å². The second kappa shape index (κ2) is 8.62. The second-order valence-electron chi connectivity index (χ2n) is 6.23. The van der Waals surface area contributed by atoms with Crippen molar-refractivity contribution in [3.05, 3.63) is 59.7 Å². The maximum atomic E-state index is 14.0. The number of carbonyl (C=O) groups is 2. The highest BCUT2D eigenvalue weighted by atomic mass is 19.1. The van der Waals surface area contributed by atoms with Gasteiger partial charge in [0.1, 0.15) is 5.69 Å². The summed E-state index contributed by atoms with van der Waals surface area (Å²) in [5.74, 6) is -0.803. The van der Waals surface area contributed by atoms with Gasteiger partial charge < -0.3 is 14.5 Å². The van der Waals surface area contributed by atoms with Crippen molar-refractivity contribution in [2.75, 3.05) is 32.8 Å². The van der Waals surface area contributed by atoms with Crippen molar-refractivity contribution in [3.63, 3.8) is 0 Å². The molecule has 0 bridgehead atoms. The van der Waals surface area contributed by atoms with Crippen LogP contribution in [-0.2, 0) is 0 Å². The molecule has 0 unspecified atom stereocenters. The van der Waals surface area contributed by atoms with Gasteiger partial charge in [-0.3, -0.25) is 14.6 Å². The average Bonchev–Trinajstić information content (AvgIpc) is 2.95. The number of carbonyl (C=O) groups excluding carboxylic acids is 2. The number of hydrogen-bond acceptors (Lipinski definition) is 4. The Morgan fingerprint density at radius 3 is 2.44 bits per heavy atom. The van der Waals surface area contributed by atoms with E-state index in [1.54, 1.807) is 47.2 Å². The third-order valence-electron chi connectivity index (χ3n) is 4.43. The van der Waals surface area contributed by atoms with Gasteiger partial charge in [0, 0.05) is 37.9 Å². The normalized spacial score (nSPS) is 14.6. The summed E-state index contributed by atoms with van der Waals surface area (Å²) in [5, 5.41) is 0. The number of amides is 2. The largest absolute Gasteiger partial charge is 0.491 e. The maximum absolute atomic E-state index is 14.0. The van der Waals surface area contributed by atoms with E-state index in [0.717, 1.165) is 0 Å². The first kappa shape index (κ1) is 18.8. The number of benzene rings is 1. The summed E-state index contributed by atoms with van der Waals surface area (Å²) in [6.07, 6.45) is 2.24. The minimum Gasteiger partial charge on any atom is -0.491 e. The smallest absolute Gasteiger partial charge is 0.272 e. The molecule has 2 heterocycles. The third kappa shape index (κ3) is 4.42. The molecule has 0 radical (unpaired) electrons. The van der Waals surface area contributed by atoms with Crippen LogP contribution in [0.1, 0.15) is 34.2 Å². The predicted molar refractivity (Wildman–Crippen MR) is 98.2 cm³/mol. The van der Waals surface area contributed by atoms with Gasteiger partial charge in [-0.1, -0.05) is 6.07 Å². The second-order valence-corrected chi connectivity index (χ2v) is 6.23. The molecule has 2 aromatic rings. The summed E-state index contributed by atoms with van der Waals surface area (Å²) in [4.78, 5) is 32.7. The summed E-state index contributed by atoms with van der Waals surface area (Å²) < 4.78 is 19.2. The van der Waals surface area contributed by atoms with Gasteiger partial charge in [0.25, 0.3) is 11.8 Å². The summed E-state index contributed by atoms with van der Waals surface area (Å²) >= 11 is 0. The molecule has 1 aliphatic heterocycles. The van der Waals surface area contributed by atoms with E-state index in [0.29, 0.717) is 44.9 Å². The van der Waals surface area contributed by atoms with Gasteiger partial charge in [-0.05, 0) is 43.7 Å². The lowest BCUT2D eigenvalue weighted by atomic mass is 10.1. The van der Waals surface area contributed by atoms with E-state index < -0.39 is 5.82 Å². The Morgan fingerprint density at radius 2 is 1.81 bits per heavy atom. The monoisotopic (exact) mass is 371 g/mol. The molecule has 1 saturated heterocycles. The van der Waals surface area contributed by atoms with Crippen LogP contribution < -0.4 is 4.74 Å².